The molecule has 1 aromatic carbocycles. The number of carbonyl (C=O) groups excluding carboxylic acids is 1. The molecular weight excluding hydrogens is 267 g/mol. The largest absolute Gasteiger partial charge is 0.344 e. The number of pyridine rings is 1. The molecule has 0 aliphatic heterocycles. The van der Waals surface area contributed by atoms with Crippen LogP contribution in [0.4, 0.5) is 4.39 Å². The normalized spacial score (nSPS) is 11.9. The Morgan fingerprint density at radius 2 is 2.11 bits per heavy atom. The molecule has 1 unspecified atom stereocenters. The third-order valence-corrected chi connectivity index (χ3v) is 2.98. The predicted octanol–water partition coefficient (Wildman–Crippen LogP) is 3.37. The van der Waals surface area contributed by atoms with Gasteiger partial charge in [0.15, 0.2) is 0 Å². The van der Waals surface area contributed by atoms with Crippen LogP contribution >= 0.6 is 11.6 Å². The molecule has 3 nitrogen and oxygen atoms in total. The van der Waals surface area contributed by atoms with Crippen LogP contribution in [-0.4, -0.2) is 10.9 Å². The Labute approximate surface area is 115 Å². The lowest BCUT2D eigenvalue weighted by atomic mass is 10.1. The number of nitrogens with one attached hydrogen (secondary N) is 1. The molecule has 2 rings (SSSR count). The van der Waals surface area contributed by atoms with Crippen molar-refractivity contribution >= 4 is 17.5 Å². The number of amides is 1. The molecule has 0 radical (unpaired) electrons. The number of benzene rings is 1. The Hall–Kier alpha value is -1.94. The van der Waals surface area contributed by atoms with E-state index in [1.807, 2.05) is 6.07 Å². The fourth-order valence-corrected chi connectivity index (χ4v) is 1.94. The van der Waals surface area contributed by atoms with E-state index < -0.39 is 11.7 Å². The maximum absolute atomic E-state index is 13.6. The second-order valence-electron chi connectivity index (χ2n) is 4.05. The van der Waals surface area contributed by atoms with Crippen molar-refractivity contribution in [3.8, 4) is 0 Å². The summed E-state index contributed by atoms with van der Waals surface area (Å²) in [5, 5.41) is 2.76. The van der Waals surface area contributed by atoms with Crippen LogP contribution in [0, 0.1) is 5.82 Å². The minimum Gasteiger partial charge on any atom is -0.344 e. The van der Waals surface area contributed by atoms with Crippen LogP contribution < -0.4 is 5.32 Å². The zero-order valence-corrected chi connectivity index (χ0v) is 11.0. The number of carbonyl (C=O) groups is 1. The van der Waals surface area contributed by atoms with Crippen LogP contribution in [0.25, 0.3) is 0 Å². The van der Waals surface area contributed by atoms with Gasteiger partial charge in [0.05, 0.1) is 22.3 Å². The summed E-state index contributed by atoms with van der Waals surface area (Å²) in [4.78, 5) is 16.1. The first kappa shape index (κ1) is 13.5. The molecule has 0 bridgehead atoms. The Morgan fingerprint density at radius 1 is 1.32 bits per heavy atom. The number of hydrogen-bond donors (Lipinski definition) is 1. The monoisotopic (exact) mass is 278 g/mol. The highest BCUT2D eigenvalue weighted by molar-refractivity contribution is 6.33. The van der Waals surface area contributed by atoms with Crippen LogP contribution in [0.2, 0.25) is 5.02 Å². The van der Waals surface area contributed by atoms with Gasteiger partial charge in [-0.15, -0.1) is 0 Å². The van der Waals surface area contributed by atoms with Crippen molar-refractivity contribution < 1.29 is 9.18 Å². The summed E-state index contributed by atoms with van der Waals surface area (Å²) in [6.45, 7) is 1.77. The van der Waals surface area contributed by atoms with Gasteiger partial charge in [0.2, 0.25) is 0 Å². The number of nitrogens with zero attached hydrogens (tertiary/aromatic N) is 1. The molecule has 0 spiro atoms. The van der Waals surface area contributed by atoms with Crippen LogP contribution in [-0.2, 0) is 0 Å². The SMILES string of the molecule is CC(NC(=O)c1c(F)cccc1Cl)c1ccccn1. The summed E-state index contributed by atoms with van der Waals surface area (Å²) in [6.07, 6.45) is 1.63. The first-order valence-corrected chi connectivity index (χ1v) is 6.13. The topological polar surface area (TPSA) is 42.0 Å². The van der Waals surface area contributed by atoms with Gasteiger partial charge in [-0.3, -0.25) is 9.78 Å². The Bertz CT molecular complexity index is 569. The Kier molecular flexibility index (Phi) is 4.12. The highest BCUT2D eigenvalue weighted by Crippen LogP contribution is 2.20. The molecule has 98 valence electrons. The predicted molar refractivity (Wildman–Crippen MR) is 71.5 cm³/mol. The van der Waals surface area contributed by atoms with Gasteiger partial charge in [-0.25, -0.2) is 4.39 Å². The van der Waals surface area contributed by atoms with Crippen molar-refractivity contribution in [3.63, 3.8) is 0 Å². The quantitative estimate of drug-likeness (QED) is 0.935. The highest BCUT2D eigenvalue weighted by Gasteiger charge is 2.18. The van der Waals surface area contributed by atoms with E-state index >= 15 is 0 Å². The maximum Gasteiger partial charge on any atom is 0.256 e. The minimum absolute atomic E-state index is 0.0886. The summed E-state index contributed by atoms with van der Waals surface area (Å²) in [6, 6.07) is 9.19. The first-order chi connectivity index (χ1) is 9.09. The second kappa shape index (κ2) is 5.80. The third kappa shape index (κ3) is 3.09. The first-order valence-electron chi connectivity index (χ1n) is 5.75. The average Bonchev–Trinajstić information content (AvgIpc) is 2.39. The fourth-order valence-electron chi connectivity index (χ4n) is 1.69. The molecule has 1 atom stereocenters. The van der Waals surface area contributed by atoms with E-state index in [0.29, 0.717) is 5.69 Å². The van der Waals surface area contributed by atoms with Crippen molar-refractivity contribution in [1.29, 1.82) is 0 Å². The molecule has 0 fully saturated rings. The lowest BCUT2D eigenvalue weighted by Crippen LogP contribution is -2.28. The van der Waals surface area contributed by atoms with Gasteiger partial charge in [-0.1, -0.05) is 23.7 Å². The van der Waals surface area contributed by atoms with Crippen molar-refractivity contribution in [2.75, 3.05) is 0 Å². The molecule has 1 amide bonds. The van der Waals surface area contributed by atoms with Gasteiger partial charge in [0, 0.05) is 6.20 Å². The Balaban J connectivity index is 2.18. The van der Waals surface area contributed by atoms with Gasteiger partial charge in [0.1, 0.15) is 5.82 Å². The highest BCUT2D eigenvalue weighted by atomic mass is 35.5. The molecule has 19 heavy (non-hydrogen) atoms. The summed E-state index contributed by atoms with van der Waals surface area (Å²) in [5.74, 6) is -1.19. The van der Waals surface area contributed by atoms with E-state index in [2.05, 4.69) is 10.3 Å². The van der Waals surface area contributed by atoms with Gasteiger partial charge in [0.25, 0.3) is 5.91 Å². The molecule has 0 saturated carbocycles. The summed E-state index contributed by atoms with van der Waals surface area (Å²) >= 11 is 5.84. The lowest BCUT2D eigenvalue weighted by molar-refractivity contribution is 0.0935. The van der Waals surface area contributed by atoms with Gasteiger partial charge >= 0.3 is 0 Å². The molecule has 0 saturated heterocycles. The van der Waals surface area contributed by atoms with Crippen LogP contribution in [0.5, 0.6) is 0 Å². The molecule has 1 heterocycles. The second-order valence-corrected chi connectivity index (χ2v) is 4.45. The zero-order chi connectivity index (χ0) is 13.8. The minimum atomic E-state index is -0.641. The van der Waals surface area contributed by atoms with Crippen LogP contribution in [0.1, 0.15) is 29.0 Å². The molecule has 1 aromatic heterocycles. The van der Waals surface area contributed by atoms with Crippen molar-refractivity contribution in [2.24, 2.45) is 0 Å². The summed E-state index contributed by atoms with van der Waals surface area (Å²) in [5.41, 5.74) is 0.551. The van der Waals surface area contributed by atoms with Gasteiger partial charge in [-0.2, -0.15) is 0 Å². The number of halogens is 2. The average molecular weight is 279 g/mol. The van der Waals surface area contributed by atoms with E-state index in [9.17, 15) is 9.18 Å². The van der Waals surface area contributed by atoms with E-state index in [1.165, 1.54) is 18.2 Å². The fraction of sp³-hybridized carbons (Fsp3) is 0.143. The van der Waals surface area contributed by atoms with Gasteiger partial charge in [-0.05, 0) is 31.2 Å². The molecule has 0 aliphatic carbocycles. The van der Waals surface area contributed by atoms with E-state index in [1.54, 1.807) is 25.3 Å². The molecule has 5 heteroatoms. The zero-order valence-electron chi connectivity index (χ0n) is 10.2. The standard InChI is InChI=1S/C14H12ClFN2O/c1-9(12-7-2-3-8-17-12)18-14(19)13-10(15)5-4-6-11(13)16/h2-9H,1H3,(H,18,19). The van der Waals surface area contributed by atoms with E-state index in [0.717, 1.165) is 0 Å². The maximum atomic E-state index is 13.6. The number of hydrogen-bond acceptors (Lipinski definition) is 2. The van der Waals surface area contributed by atoms with Crippen molar-refractivity contribution in [2.45, 2.75) is 13.0 Å². The van der Waals surface area contributed by atoms with Crippen molar-refractivity contribution in [3.05, 3.63) is 64.7 Å². The van der Waals surface area contributed by atoms with Crippen LogP contribution in [0.3, 0.4) is 0 Å². The number of aromatic nitrogens is 1. The molecule has 0 aliphatic rings. The lowest BCUT2D eigenvalue weighted by Gasteiger charge is -2.14. The molecule has 1 N–H and O–H groups in total. The molecular formula is C14H12ClFN2O. The molecule has 2 aromatic rings. The van der Waals surface area contributed by atoms with E-state index in [4.69, 9.17) is 11.6 Å². The van der Waals surface area contributed by atoms with Crippen molar-refractivity contribution in [1.82, 2.24) is 10.3 Å². The van der Waals surface area contributed by atoms with E-state index in [-0.39, 0.29) is 16.6 Å². The van der Waals surface area contributed by atoms with Crippen LogP contribution in [0.15, 0.2) is 42.6 Å². The summed E-state index contributed by atoms with van der Waals surface area (Å²) < 4.78 is 13.6. The Morgan fingerprint density at radius 3 is 2.74 bits per heavy atom. The summed E-state index contributed by atoms with van der Waals surface area (Å²) in [7, 11) is 0. The smallest absolute Gasteiger partial charge is 0.256 e. The van der Waals surface area contributed by atoms with Gasteiger partial charge < -0.3 is 5.32 Å². The number of rotatable bonds is 3. The third-order valence-electron chi connectivity index (χ3n) is 2.67.